The van der Waals surface area contributed by atoms with E-state index in [1.165, 1.54) is 16.8 Å². The Morgan fingerprint density at radius 3 is 3.00 bits per heavy atom. The number of tetrazole rings is 1. The average molecular weight is 333 g/mol. The van der Waals surface area contributed by atoms with Gasteiger partial charge in [-0.25, -0.2) is 9.07 Å². The van der Waals surface area contributed by atoms with Crippen LogP contribution in [-0.2, 0) is 16.0 Å². The third-order valence-corrected chi connectivity index (χ3v) is 4.11. The maximum absolute atomic E-state index is 13.5. The fourth-order valence-corrected chi connectivity index (χ4v) is 2.92. The normalized spacial score (nSPS) is 19.3. The van der Waals surface area contributed by atoms with Crippen LogP contribution < -0.4 is 0 Å². The minimum atomic E-state index is -0.605. The first-order valence-corrected chi connectivity index (χ1v) is 7.94. The van der Waals surface area contributed by atoms with Crippen LogP contribution in [0.25, 0.3) is 0 Å². The van der Waals surface area contributed by atoms with Crippen LogP contribution in [0.5, 0.6) is 0 Å². The van der Waals surface area contributed by atoms with E-state index in [1.807, 2.05) is 6.92 Å². The fraction of sp³-hybridized carbons (Fsp3) is 0.500. The summed E-state index contributed by atoms with van der Waals surface area (Å²) in [6.07, 6.45) is 0.321. The number of benzene rings is 1. The minimum Gasteiger partial charge on any atom is -0.375 e. The third-order valence-electron chi connectivity index (χ3n) is 4.11. The Morgan fingerprint density at radius 2 is 2.33 bits per heavy atom. The molecule has 1 aliphatic heterocycles. The number of nitrogens with zero attached hydrogens (tertiary/aromatic N) is 5. The monoisotopic (exact) mass is 333 g/mol. The van der Waals surface area contributed by atoms with Gasteiger partial charge in [0.2, 0.25) is 5.91 Å². The summed E-state index contributed by atoms with van der Waals surface area (Å²) in [6.45, 7) is 5.24. The fourth-order valence-electron chi connectivity index (χ4n) is 2.92. The average Bonchev–Trinajstić information content (AvgIpc) is 2.98. The quantitative estimate of drug-likeness (QED) is 0.839. The maximum Gasteiger partial charge on any atom is 0.248 e. The molecule has 0 N–H and O–H groups in total. The smallest absolute Gasteiger partial charge is 0.248 e. The lowest BCUT2D eigenvalue weighted by Gasteiger charge is -2.33. The Morgan fingerprint density at radius 1 is 1.50 bits per heavy atom. The molecule has 8 heteroatoms. The van der Waals surface area contributed by atoms with Crippen LogP contribution in [0.2, 0.25) is 0 Å². The first kappa shape index (κ1) is 16.5. The highest BCUT2D eigenvalue weighted by atomic mass is 19.1. The van der Waals surface area contributed by atoms with Gasteiger partial charge >= 0.3 is 0 Å². The Labute approximate surface area is 139 Å². The van der Waals surface area contributed by atoms with Crippen LogP contribution in [0.3, 0.4) is 0 Å². The molecule has 2 atom stereocenters. The van der Waals surface area contributed by atoms with Crippen molar-refractivity contribution in [1.29, 1.82) is 0 Å². The lowest BCUT2D eigenvalue weighted by atomic mass is 10.0. The van der Waals surface area contributed by atoms with Crippen molar-refractivity contribution in [1.82, 2.24) is 25.1 Å². The lowest BCUT2D eigenvalue weighted by molar-refractivity contribution is -0.142. The molecule has 2 aromatic rings. The summed E-state index contributed by atoms with van der Waals surface area (Å²) in [7, 11) is 0. The maximum atomic E-state index is 13.5. The number of halogens is 1. The molecule has 0 aliphatic carbocycles. The van der Waals surface area contributed by atoms with Crippen LogP contribution in [-0.4, -0.2) is 56.8 Å². The van der Waals surface area contributed by atoms with Crippen molar-refractivity contribution in [2.75, 3.05) is 19.7 Å². The summed E-state index contributed by atoms with van der Waals surface area (Å²) >= 11 is 0. The molecule has 1 aliphatic rings. The first-order valence-electron chi connectivity index (χ1n) is 7.94. The summed E-state index contributed by atoms with van der Waals surface area (Å²) in [5.74, 6) is 0.142. The number of carbonyl (C=O) groups is 1. The second-order valence-corrected chi connectivity index (χ2v) is 5.99. The van der Waals surface area contributed by atoms with E-state index in [1.54, 1.807) is 24.0 Å². The first-order chi connectivity index (χ1) is 11.5. The predicted octanol–water partition coefficient (Wildman–Crippen LogP) is 1.15. The van der Waals surface area contributed by atoms with Crippen molar-refractivity contribution < 1.29 is 13.9 Å². The standard InChI is InChI=1S/C16H20FN5O2/c1-11-10-21(6-7-24-11)16(23)15(22-12(2)18-19-20-22)9-13-4-3-5-14(17)8-13/h3-5,8,11,15H,6-7,9-10H2,1-2H3/t11-,15-/m1/s1. The molecule has 0 saturated carbocycles. The van der Waals surface area contributed by atoms with Crippen LogP contribution in [0.4, 0.5) is 4.39 Å². The summed E-state index contributed by atoms with van der Waals surface area (Å²) in [4.78, 5) is 14.8. The second-order valence-electron chi connectivity index (χ2n) is 5.99. The highest BCUT2D eigenvalue weighted by Crippen LogP contribution is 2.20. The van der Waals surface area contributed by atoms with Crippen LogP contribution in [0.1, 0.15) is 24.4 Å². The molecule has 1 fully saturated rings. The van der Waals surface area contributed by atoms with Crippen molar-refractivity contribution >= 4 is 5.91 Å². The van der Waals surface area contributed by atoms with Crippen molar-refractivity contribution in [3.63, 3.8) is 0 Å². The Kier molecular flexibility index (Phi) is 4.84. The molecule has 0 unspecified atom stereocenters. The summed E-state index contributed by atoms with van der Waals surface area (Å²) < 4.78 is 20.5. The van der Waals surface area contributed by atoms with Gasteiger partial charge in [0.25, 0.3) is 0 Å². The Hall–Kier alpha value is -2.35. The molecule has 128 valence electrons. The number of ether oxygens (including phenoxy) is 1. The predicted molar refractivity (Wildman–Crippen MR) is 83.7 cm³/mol. The molecule has 2 heterocycles. The van der Waals surface area contributed by atoms with Crippen LogP contribution >= 0.6 is 0 Å². The summed E-state index contributed by atoms with van der Waals surface area (Å²) in [6, 6.07) is 5.64. The highest BCUT2D eigenvalue weighted by molar-refractivity contribution is 5.81. The minimum absolute atomic E-state index is 0.00696. The summed E-state index contributed by atoms with van der Waals surface area (Å²) in [5.41, 5.74) is 0.726. The van der Waals surface area contributed by atoms with Crippen LogP contribution in [0.15, 0.2) is 24.3 Å². The number of hydrogen-bond acceptors (Lipinski definition) is 5. The van der Waals surface area contributed by atoms with E-state index in [9.17, 15) is 9.18 Å². The molecule has 7 nitrogen and oxygen atoms in total. The van der Waals surface area contributed by atoms with E-state index < -0.39 is 6.04 Å². The zero-order valence-corrected chi connectivity index (χ0v) is 13.7. The lowest BCUT2D eigenvalue weighted by Crippen LogP contribution is -2.48. The van der Waals surface area contributed by atoms with Crippen molar-refractivity contribution in [3.8, 4) is 0 Å². The number of rotatable bonds is 4. The molecular weight excluding hydrogens is 313 g/mol. The van der Waals surface area contributed by atoms with Gasteiger partial charge in [-0.1, -0.05) is 12.1 Å². The highest BCUT2D eigenvalue weighted by Gasteiger charge is 2.31. The molecule has 1 amide bonds. The van der Waals surface area contributed by atoms with E-state index in [4.69, 9.17) is 4.74 Å². The molecule has 1 aromatic heterocycles. The number of carbonyl (C=O) groups excluding carboxylic acids is 1. The number of amides is 1. The topological polar surface area (TPSA) is 73.1 Å². The van der Waals surface area contributed by atoms with Crippen molar-refractivity contribution in [2.24, 2.45) is 0 Å². The van der Waals surface area contributed by atoms with Gasteiger partial charge in [-0.05, 0) is 42.0 Å². The zero-order valence-electron chi connectivity index (χ0n) is 13.7. The van der Waals surface area contributed by atoms with Crippen molar-refractivity contribution in [2.45, 2.75) is 32.4 Å². The molecule has 24 heavy (non-hydrogen) atoms. The van der Waals surface area contributed by atoms with Gasteiger partial charge in [-0.2, -0.15) is 0 Å². The number of hydrogen-bond donors (Lipinski definition) is 0. The number of aromatic nitrogens is 4. The Bertz CT molecular complexity index is 720. The van der Waals surface area contributed by atoms with Gasteiger partial charge in [-0.3, -0.25) is 4.79 Å². The molecular formula is C16H20FN5O2. The molecule has 0 spiro atoms. The molecule has 1 aromatic carbocycles. The Balaban J connectivity index is 1.87. The van der Waals surface area contributed by atoms with E-state index >= 15 is 0 Å². The molecule has 0 radical (unpaired) electrons. The van der Waals surface area contributed by atoms with Gasteiger partial charge < -0.3 is 9.64 Å². The van der Waals surface area contributed by atoms with Gasteiger partial charge in [0.05, 0.1) is 12.7 Å². The van der Waals surface area contributed by atoms with Gasteiger partial charge in [-0.15, -0.1) is 5.10 Å². The number of morpholine rings is 1. The third kappa shape index (κ3) is 3.59. The molecule has 3 rings (SSSR count). The SMILES string of the molecule is Cc1nnnn1[C@H](Cc1cccc(F)c1)C(=O)N1CCO[C@H](C)C1. The van der Waals surface area contributed by atoms with E-state index in [0.717, 1.165) is 5.56 Å². The van der Waals surface area contributed by atoms with E-state index in [2.05, 4.69) is 15.5 Å². The van der Waals surface area contributed by atoms with Gasteiger partial charge in [0, 0.05) is 19.5 Å². The van der Waals surface area contributed by atoms with E-state index in [-0.39, 0.29) is 17.8 Å². The number of aryl methyl sites for hydroxylation is 1. The molecule has 0 bridgehead atoms. The summed E-state index contributed by atoms with van der Waals surface area (Å²) in [5, 5.41) is 11.5. The zero-order chi connectivity index (χ0) is 17.1. The van der Waals surface area contributed by atoms with Gasteiger partial charge in [0.1, 0.15) is 17.7 Å². The van der Waals surface area contributed by atoms with Crippen LogP contribution in [0, 0.1) is 12.7 Å². The largest absolute Gasteiger partial charge is 0.375 e. The van der Waals surface area contributed by atoms with E-state index in [0.29, 0.717) is 31.9 Å². The molecule has 1 saturated heterocycles. The second kappa shape index (κ2) is 7.04. The van der Waals surface area contributed by atoms with Crippen molar-refractivity contribution in [3.05, 3.63) is 41.5 Å². The van der Waals surface area contributed by atoms with Gasteiger partial charge in [0.15, 0.2) is 0 Å².